The number of amides is 1. The van der Waals surface area contributed by atoms with Crippen molar-refractivity contribution in [1.29, 1.82) is 0 Å². The molecule has 1 aliphatic rings. The highest BCUT2D eigenvalue weighted by atomic mass is 16.1. The Kier molecular flexibility index (Phi) is 3.80. The van der Waals surface area contributed by atoms with Crippen LogP contribution in [-0.2, 0) is 4.79 Å². The summed E-state index contributed by atoms with van der Waals surface area (Å²) in [4.78, 5) is 13.9. The molecule has 0 aromatic heterocycles. The van der Waals surface area contributed by atoms with Crippen molar-refractivity contribution in [3.05, 3.63) is 29.8 Å². The molecule has 4 heteroatoms. The maximum absolute atomic E-state index is 11.7. The first kappa shape index (κ1) is 13.9. The van der Waals surface area contributed by atoms with Gasteiger partial charge in [-0.1, -0.05) is 18.2 Å². The summed E-state index contributed by atoms with van der Waals surface area (Å²) in [5, 5.41) is 0. The molecular weight excluding hydrogens is 238 g/mol. The fourth-order valence-corrected chi connectivity index (χ4v) is 2.61. The van der Waals surface area contributed by atoms with Gasteiger partial charge >= 0.3 is 0 Å². The molecule has 4 N–H and O–H groups in total. The van der Waals surface area contributed by atoms with E-state index in [-0.39, 0.29) is 11.8 Å². The number of aryl methyl sites for hydroxylation is 1. The van der Waals surface area contributed by atoms with Gasteiger partial charge in [0.2, 0.25) is 5.91 Å². The normalized spacial score (nSPS) is 17.8. The third-order valence-electron chi connectivity index (χ3n) is 4.05. The number of benzene rings is 1. The van der Waals surface area contributed by atoms with Crippen LogP contribution in [0, 0.1) is 12.8 Å². The third kappa shape index (κ3) is 2.73. The second-order valence-corrected chi connectivity index (χ2v) is 5.48. The van der Waals surface area contributed by atoms with E-state index in [0.717, 1.165) is 25.1 Å². The molecule has 19 heavy (non-hydrogen) atoms. The van der Waals surface area contributed by atoms with Crippen molar-refractivity contribution in [1.82, 2.24) is 0 Å². The third-order valence-corrected chi connectivity index (χ3v) is 4.05. The molecule has 0 heterocycles. The zero-order valence-corrected chi connectivity index (χ0v) is 11.7. The van der Waals surface area contributed by atoms with Crippen molar-refractivity contribution in [3.8, 4) is 0 Å². The van der Waals surface area contributed by atoms with Crippen LogP contribution in [0.25, 0.3) is 0 Å². The SMILES string of the molecule is CCN(CC(N)(C(N)=O)C1CC1)c1ccccc1C. The van der Waals surface area contributed by atoms with Gasteiger partial charge in [-0.05, 0) is 44.2 Å². The van der Waals surface area contributed by atoms with E-state index in [9.17, 15) is 4.79 Å². The molecule has 0 spiro atoms. The van der Waals surface area contributed by atoms with Crippen LogP contribution in [0.1, 0.15) is 25.3 Å². The predicted octanol–water partition coefficient (Wildman–Crippen LogP) is 1.41. The second-order valence-electron chi connectivity index (χ2n) is 5.48. The molecule has 0 aliphatic heterocycles. The van der Waals surface area contributed by atoms with Crippen molar-refractivity contribution in [2.75, 3.05) is 18.0 Å². The number of hydrogen-bond acceptors (Lipinski definition) is 3. The lowest BCUT2D eigenvalue weighted by Crippen LogP contribution is -2.61. The summed E-state index contributed by atoms with van der Waals surface area (Å²) in [6, 6.07) is 8.15. The Bertz CT molecular complexity index is 470. The Morgan fingerprint density at radius 2 is 2.05 bits per heavy atom. The molecule has 0 radical (unpaired) electrons. The van der Waals surface area contributed by atoms with Crippen LogP contribution in [0.15, 0.2) is 24.3 Å². The van der Waals surface area contributed by atoms with E-state index < -0.39 is 5.54 Å². The summed E-state index contributed by atoms with van der Waals surface area (Å²) in [5.74, 6) is -0.148. The number of carbonyl (C=O) groups excluding carboxylic acids is 1. The van der Waals surface area contributed by atoms with Gasteiger partial charge in [-0.25, -0.2) is 0 Å². The molecular formula is C15H23N3O. The van der Waals surface area contributed by atoms with Crippen molar-refractivity contribution in [2.45, 2.75) is 32.2 Å². The highest BCUT2D eigenvalue weighted by molar-refractivity contribution is 5.86. The average Bonchev–Trinajstić information content (AvgIpc) is 3.21. The molecule has 1 aliphatic carbocycles. The van der Waals surface area contributed by atoms with Crippen LogP contribution in [-0.4, -0.2) is 24.5 Å². The molecule has 104 valence electrons. The van der Waals surface area contributed by atoms with E-state index in [2.05, 4.69) is 30.9 Å². The summed E-state index contributed by atoms with van der Waals surface area (Å²) in [5.41, 5.74) is 13.2. The van der Waals surface area contributed by atoms with Gasteiger partial charge in [-0.3, -0.25) is 4.79 Å². The zero-order valence-electron chi connectivity index (χ0n) is 11.7. The van der Waals surface area contributed by atoms with E-state index in [0.29, 0.717) is 6.54 Å². The molecule has 0 saturated heterocycles. The topological polar surface area (TPSA) is 72.3 Å². The number of carbonyl (C=O) groups is 1. The number of nitrogens with two attached hydrogens (primary N) is 2. The minimum atomic E-state index is -0.904. The number of anilines is 1. The Hall–Kier alpha value is -1.55. The quantitative estimate of drug-likeness (QED) is 0.813. The molecule has 0 bridgehead atoms. The van der Waals surface area contributed by atoms with Crippen molar-refractivity contribution in [2.24, 2.45) is 17.4 Å². The molecule has 1 aromatic rings. The van der Waals surface area contributed by atoms with Crippen molar-refractivity contribution < 1.29 is 4.79 Å². The minimum absolute atomic E-state index is 0.239. The number of likely N-dealkylation sites (N-methyl/N-ethyl adjacent to an activating group) is 1. The number of para-hydroxylation sites is 1. The van der Waals surface area contributed by atoms with Crippen molar-refractivity contribution in [3.63, 3.8) is 0 Å². The van der Waals surface area contributed by atoms with Crippen LogP contribution < -0.4 is 16.4 Å². The predicted molar refractivity (Wildman–Crippen MR) is 77.9 cm³/mol. The van der Waals surface area contributed by atoms with Gasteiger partial charge in [-0.2, -0.15) is 0 Å². The average molecular weight is 261 g/mol. The van der Waals surface area contributed by atoms with Gasteiger partial charge in [0.1, 0.15) is 5.54 Å². The van der Waals surface area contributed by atoms with E-state index in [4.69, 9.17) is 11.5 Å². The first-order valence-electron chi connectivity index (χ1n) is 6.88. The molecule has 1 atom stereocenters. The van der Waals surface area contributed by atoms with Crippen LogP contribution >= 0.6 is 0 Å². The largest absolute Gasteiger partial charge is 0.369 e. The van der Waals surface area contributed by atoms with Crippen molar-refractivity contribution >= 4 is 11.6 Å². The Morgan fingerprint density at radius 1 is 1.42 bits per heavy atom. The molecule has 4 nitrogen and oxygen atoms in total. The maximum atomic E-state index is 11.7. The van der Waals surface area contributed by atoms with Crippen LogP contribution in [0.3, 0.4) is 0 Å². The lowest BCUT2D eigenvalue weighted by molar-refractivity contribution is -0.123. The smallest absolute Gasteiger partial charge is 0.239 e. The summed E-state index contributed by atoms with van der Waals surface area (Å²) < 4.78 is 0. The maximum Gasteiger partial charge on any atom is 0.239 e. The Morgan fingerprint density at radius 3 is 2.53 bits per heavy atom. The fraction of sp³-hybridized carbons (Fsp3) is 0.533. The summed E-state index contributed by atoms with van der Waals surface area (Å²) >= 11 is 0. The highest BCUT2D eigenvalue weighted by Crippen LogP contribution is 2.39. The van der Waals surface area contributed by atoms with E-state index in [1.54, 1.807) is 0 Å². The molecule has 1 unspecified atom stereocenters. The summed E-state index contributed by atoms with van der Waals surface area (Å²) in [6.45, 7) is 5.44. The van der Waals surface area contributed by atoms with Gasteiger partial charge in [0.05, 0.1) is 0 Å². The van der Waals surface area contributed by atoms with Gasteiger partial charge in [-0.15, -0.1) is 0 Å². The second kappa shape index (κ2) is 5.21. The first-order valence-corrected chi connectivity index (χ1v) is 6.88. The van der Waals surface area contributed by atoms with Gasteiger partial charge in [0, 0.05) is 18.8 Å². The molecule has 1 fully saturated rings. The van der Waals surface area contributed by atoms with Gasteiger partial charge in [0.25, 0.3) is 0 Å². The van der Waals surface area contributed by atoms with Gasteiger partial charge < -0.3 is 16.4 Å². The number of hydrogen-bond donors (Lipinski definition) is 2. The highest BCUT2D eigenvalue weighted by Gasteiger charge is 2.47. The number of primary amides is 1. The zero-order chi connectivity index (χ0) is 14.0. The van der Waals surface area contributed by atoms with Crippen LogP contribution in [0.4, 0.5) is 5.69 Å². The van der Waals surface area contributed by atoms with E-state index >= 15 is 0 Å². The van der Waals surface area contributed by atoms with E-state index in [1.807, 2.05) is 12.1 Å². The van der Waals surface area contributed by atoms with Gasteiger partial charge in [0.15, 0.2) is 0 Å². The summed E-state index contributed by atoms with van der Waals surface area (Å²) in [6.07, 6.45) is 2.01. The Labute approximate surface area is 114 Å². The van der Waals surface area contributed by atoms with Crippen LogP contribution in [0.5, 0.6) is 0 Å². The summed E-state index contributed by atoms with van der Waals surface area (Å²) in [7, 11) is 0. The molecule has 2 rings (SSSR count). The Balaban J connectivity index is 2.23. The lowest BCUT2D eigenvalue weighted by atomic mass is 9.92. The fourth-order valence-electron chi connectivity index (χ4n) is 2.61. The van der Waals surface area contributed by atoms with Crippen LogP contribution in [0.2, 0.25) is 0 Å². The minimum Gasteiger partial charge on any atom is -0.369 e. The first-order chi connectivity index (χ1) is 8.99. The van der Waals surface area contributed by atoms with E-state index in [1.165, 1.54) is 5.56 Å². The standard InChI is InChI=1S/C15H23N3O/c1-3-18(13-7-5-4-6-11(13)2)10-15(17,14(16)19)12-8-9-12/h4-7,12H,3,8-10,17H2,1-2H3,(H2,16,19). The number of nitrogens with zero attached hydrogens (tertiary/aromatic N) is 1. The molecule has 1 saturated carbocycles. The molecule has 1 amide bonds. The molecule has 1 aromatic carbocycles. The monoisotopic (exact) mass is 261 g/mol. The lowest BCUT2D eigenvalue weighted by Gasteiger charge is -2.34. The number of rotatable bonds is 6.